The van der Waals surface area contributed by atoms with E-state index in [9.17, 15) is 5.11 Å². The molecule has 1 aliphatic heterocycles. The maximum absolute atomic E-state index is 9.22. The number of aliphatic hydroxyl groups is 1. The predicted molar refractivity (Wildman–Crippen MR) is 51.1 cm³/mol. The van der Waals surface area contributed by atoms with E-state index in [0.29, 0.717) is 0 Å². The SMILES string of the molecule is CC1CCN(C[C@@H](C)O)CC1C. The molecule has 0 aromatic carbocycles. The van der Waals surface area contributed by atoms with Gasteiger partial charge in [-0.25, -0.2) is 0 Å². The first kappa shape index (κ1) is 10.0. The molecule has 3 atom stereocenters. The highest BCUT2D eigenvalue weighted by Crippen LogP contribution is 2.22. The van der Waals surface area contributed by atoms with Crippen LogP contribution < -0.4 is 0 Å². The molecule has 1 fully saturated rings. The summed E-state index contributed by atoms with van der Waals surface area (Å²) in [6.07, 6.45) is 1.11. The van der Waals surface area contributed by atoms with Gasteiger partial charge < -0.3 is 10.0 Å². The van der Waals surface area contributed by atoms with Gasteiger partial charge in [0, 0.05) is 13.1 Å². The summed E-state index contributed by atoms with van der Waals surface area (Å²) < 4.78 is 0. The number of β-amino-alcohol motifs (C(OH)–C–C–N with tert-alkyl or cyclic N) is 1. The van der Waals surface area contributed by atoms with Gasteiger partial charge in [-0.15, -0.1) is 0 Å². The summed E-state index contributed by atoms with van der Waals surface area (Å²) >= 11 is 0. The van der Waals surface area contributed by atoms with Gasteiger partial charge >= 0.3 is 0 Å². The van der Waals surface area contributed by atoms with Crippen molar-refractivity contribution in [3.05, 3.63) is 0 Å². The average Bonchev–Trinajstić information content (AvgIpc) is 1.96. The third-order valence-corrected chi connectivity index (χ3v) is 2.94. The van der Waals surface area contributed by atoms with Gasteiger partial charge in [-0.3, -0.25) is 0 Å². The fraction of sp³-hybridized carbons (Fsp3) is 1.00. The van der Waals surface area contributed by atoms with Gasteiger partial charge in [0.2, 0.25) is 0 Å². The van der Waals surface area contributed by atoms with Crippen LogP contribution in [0.5, 0.6) is 0 Å². The Labute approximate surface area is 75.6 Å². The summed E-state index contributed by atoms with van der Waals surface area (Å²) in [6, 6.07) is 0. The van der Waals surface area contributed by atoms with Crippen LogP contribution in [-0.2, 0) is 0 Å². The Morgan fingerprint density at radius 3 is 2.58 bits per heavy atom. The Bertz CT molecular complexity index is 136. The number of hydrogen-bond acceptors (Lipinski definition) is 2. The van der Waals surface area contributed by atoms with E-state index in [1.165, 1.54) is 6.42 Å². The normalized spacial score (nSPS) is 35.0. The van der Waals surface area contributed by atoms with Crippen LogP contribution in [-0.4, -0.2) is 35.7 Å². The number of likely N-dealkylation sites (tertiary alicyclic amines) is 1. The van der Waals surface area contributed by atoms with E-state index in [1.807, 2.05) is 6.92 Å². The van der Waals surface area contributed by atoms with Crippen LogP contribution >= 0.6 is 0 Å². The van der Waals surface area contributed by atoms with Gasteiger partial charge in [0.1, 0.15) is 0 Å². The van der Waals surface area contributed by atoms with Gasteiger partial charge in [-0.05, 0) is 31.7 Å². The molecule has 72 valence electrons. The van der Waals surface area contributed by atoms with Crippen LogP contribution in [0.2, 0.25) is 0 Å². The van der Waals surface area contributed by atoms with E-state index >= 15 is 0 Å². The van der Waals surface area contributed by atoms with Crippen molar-refractivity contribution in [1.29, 1.82) is 0 Å². The third kappa shape index (κ3) is 2.76. The van der Waals surface area contributed by atoms with Crippen LogP contribution in [0.15, 0.2) is 0 Å². The number of aliphatic hydroxyl groups excluding tert-OH is 1. The molecule has 1 saturated heterocycles. The Hall–Kier alpha value is -0.0800. The molecule has 0 aliphatic carbocycles. The molecule has 0 aromatic rings. The number of nitrogens with zero attached hydrogens (tertiary/aromatic N) is 1. The minimum Gasteiger partial charge on any atom is -0.392 e. The zero-order valence-electron chi connectivity index (χ0n) is 8.45. The van der Waals surface area contributed by atoms with Crippen LogP contribution in [0.25, 0.3) is 0 Å². The first-order chi connectivity index (χ1) is 5.59. The smallest absolute Gasteiger partial charge is 0.0639 e. The highest BCUT2D eigenvalue weighted by Gasteiger charge is 2.22. The maximum atomic E-state index is 9.22. The topological polar surface area (TPSA) is 23.5 Å². The lowest BCUT2D eigenvalue weighted by Gasteiger charge is -2.35. The van der Waals surface area contributed by atoms with Gasteiger partial charge in [0.05, 0.1) is 6.10 Å². The lowest BCUT2D eigenvalue weighted by Crippen LogP contribution is -2.41. The lowest BCUT2D eigenvalue weighted by atomic mass is 9.88. The molecule has 1 N–H and O–H groups in total. The molecule has 2 nitrogen and oxygen atoms in total. The molecule has 0 radical (unpaired) electrons. The molecule has 12 heavy (non-hydrogen) atoms. The van der Waals surface area contributed by atoms with E-state index in [-0.39, 0.29) is 6.10 Å². The third-order valence-electron chi connectivity index (χ3n) is 2.94. The highest BCUT2D eigenvalue weighted by atomic mass is 16.3. The minimum atomic E-state index is -0.175. The minimum absolute atomic E-state index is 0.175. The van der Waals surface area contributed by atoms with Gasteiger partial charge in [-0.2, -0.15) is 0 Å². The monoisotopic (exact) mass is 171 g/mol. The molecule has 2 heteroatoms. The number of rotatable bonds is 2. The fourth-order valence-corrected chi connectivity index (χ4v) is 1.89. The first-order valence-electron chi connectivity index (χ1n) is 5.00. The van der Waals surface area contributed by atoms with E-state index in [4.69, 9.17) is 0 Å². The second-order valence-corrected chi connectivity index (χ2v) is 4.35. The highest BCUT2D eigenvalue weighted by molar-refractivity contribution is 4.75. The van der Waals surface area contributed by atoms with E-state index < -0.39 is 0 Å². The Morgan fingerprint density at radius 2 is 2.08 bits per heavy atom. The van der Waals surface area contributed by atoms with Gasteiger partial charge in [0.25, 0.3) is 0 Å². The second-order valence-electron chi connectivity index (χ2n) is 4.35. The second kappa shape index (κ2) is 4.24. The lowest BCUT2D eigenvalue weighted by molar-refractivity contribution is 0.0792. The van der Waals surface area contributed by atoms with Gasteiger partial charge in [0.15, 0.2) is 0 Å². The summed E-state index contributed by atoms with van der Waals surface area (Å²) in [6.45, 7) is 9.66. The van der Waals surface area contributed by atoms with E-state index in [1.54, 1.807) is 0 Å². The molecule has 0 bridgehead atoms. The van der Waals surface area contributed by atoms with Crippen molar-refractivity contribution in [3.63, 3.8) is 0 Å². The number of hydrogen-bond donors (Lipinski definition) is 1. The quantitative estimate of drug-likeness (QED) is 0.678. The molecule has 2 unspecified atom stereocenters. The van der Waals surface area contributed by atoms with E-state index in [2.05, 4.69) is 18.7 Å². The van der Waals surface area contributed by atoms with E-state index in [0.717, 1.165) is 31.5 Å². The summed E-state index contributed by atoms with van der Waals surface area (Å²) in [5, 5.41) is 9.22. The summed E-state index contributed by atoms with van der Waals surface area (Å²) in [5.41, 5.74) is 0. The number of piperidine rings is 1. The van der Waals surface area contributed by atoms with Crippen molar-refractivity contribution < 1.29 is 5.11 Å². The van der Waals surface area contributed by atoms with Crippen LogP contribution in [0, 0.1) is 11.8 Å². The van der Waals surface area contributed by atoms with Crippen molar-refractivity contribution >= 4 is 0 Å². The van der Waals surface area contributed by atoms with Crippen LogP contribution in [0.1, 0.15) is 27.2 Å². The largest absolute Gasteiger partial charge is 0.392 e. The molecule has 1 aliphatic rings. The summed E-state index contributed by atoms with van der Waals surface area (Å²) in [5.74, 6) is 1.65. The molecular weight excluding hydrogens is 150 g/mol. The van der Waals surface area contributed by atoms with Gasteiger partial charge in [-0.1, -0.05) is 13.8 Å². The van der Waals surface area contributed by atoms with Crippen molar-refractivity contribution in [2.24, 2.45) is 11.8 Å². The fourth-order valence-electron chi connectivity index (χ4n) is 1.89. The zero-order chi connectivity index (χ0) is 9.14. The molecule has 0 aromatic heterocycles. The van der Waals surface area contributed by atoms with Crippen LogP contribution in [0.4, 0.5) is 0 Å². The molecule has 1 heterocycles. The predicted octanol–water partition coefficient (Wildman–Crippen LogP) is 1.35. The Balaban J connectivity index is 2.30. The van der Waals surface area contributed by atoms with Crippen molar-refractivity contribution in [1.82, 2.24) is 4.90 Å². The molecular formula is C10H21NO. The average molecular weight is 171 g/mol. The molecule has 0 amide bonds. The zero-order valence-corrected chi connectivity index (χ0v) is 8.45. The first-order valence-corrected chi connectivity index (χ1v) is 5.00. The standard InChI is InChI=1S/C10H21NO/c1-8-4-5-11(6-9(8)2)7-10(3)12/h8-10,12H,4-7H2,1-3H3/t8?,9?,10-/m1/s1. The summed E-state index contributed by atoms with van der Waals surface area (Å²) in [7, 11) is 0. The van der Waals surface area contributed by atoms with Crippen LogP contribution in [0.3, 0.4) is 0 Å². The van der Waals surface area contributed by atoms with Crippen molar-refractivity contribution in [2.75, 3.05) is 19.6 Å². The molecule has 1 rings (SSSR count). The maximum Gasteiger partial charge on any atom is 0.0639 e. The Morgan fingerprint density at radius 1 is 1.42 bits per heavy atom. The Kier molecular flexibility index (Phi) is 3.53. The summed E-state index contributed by atoms with van der Waals surface area (Å²) in [4.78, 5) is 2.37. The van der Waals surface area contributed by atoms with Crippen molar-refractivity contribution in [2.45, 2.75) is 33.3 Å². The molecule has 0 spiro atoms. The molecule has 0 saturated carbocycles. The van der Waals surface area contributed by atoms with Crippen molar-refractivity contribution in [3.8, 4) is 0 Å².